The Bertz CT molecular complexity index is 785. The minimum absolute atomic E-state index is 0. The molecule has 9 heteroatoms. The van der Waals surface area contributed by atoms with Gasteiger partial charge < -0.3 is 29.0 Å². The van der Waals surface area contributed by atoms with E-state index in [9.17, 15) is 0 Å². The third kappa shape index (κ3) is 5.94. The molecule has 7 nitrogen and oxygen atoms in total. The van der Waals surface area contributed by atoms with Gasteiger partial charge in [0.15, 0.2) is 5.96 Å². The van der Waals surface area contributed by atoms with Gasteiger partial charge in [-0.1, -0.05) is 0 Å². The summed E-state index contributed by atoms with van der Waals surface area (Å²) < 4.78 is 19.5. The Morgan fingerprint density at radius 2 is 1.75 bits per heavy atom. The number of hydrogen-bond acceptors (Lipinski definition) is 4. The second-order valence-electron chi connectivity index (χ2n) is 6.03. The average Bonchev–Trinajstić information content (AvgIpc) is 2.98. The summed E-state index contributed by atoms with van der Waals surface area (Å²) in [5, 5.41) is 3.37. The van der Waals surface area contributed by atoms with Crippen molar-refractivity contribution in [3.63, 3.8) is 0 Å². The molecule has 0 aliphatic rings. The largest absolute Gasteiger partial charge is 0.496 e. The Balaban J connectivity index is 0.00000392. The van der Waals surface area contributed by atoms with Gasteiger partial charge in [0.25, 0.3) is 0 Å². The van der Waals surface area contributed by atoms with Gasteiger partial charge in [-0.05, 0) is 22.0 Å². The van der Waals surface area contributed by atoms with Crippen LogP contribution in [0.15, 0.2) is 33.9 Å². The molecule has 0 saturated heterocycles. The summed E-state index contributed by atoms with van der Waals surface area (Å²) in [5.74, 6) is 2.85. The highest BCUT2D eigenvalue weighted by molar-refractivity contribution is 14.0. The van der Waals surface area contributed by atoms with Crippen molar-refractivity contribution in [2.75, 3.05) is 35.4 Å². The van der Waals surface area contributed by atoms with Crippen LogP contribution in [0.5, 0.6) is 17.2 Å². The zero-order chi connectivity index (χ0) is 20.0. The van der Waals surface area contributed by atoms with Crippen LogP contribution >= 0.6 is 39.9 Å². The molecule has 0 unspecified atom stereocenters. The van der Waals surface area contributed by atoms with Gasteiger partial charge in [0, 0.05) is 49.6 Å². The highest BCUT2D eigenvalue weighted by atomic mass is 127. The first-order valence-electron chi connectivity index (χ1n) is 8.44. The van der Waals surface area contributed by atoms with Crippen LogP contribution < -0.4 is 19.5 Å². The lowest BCUT2D eigenvalue weighted by atomic mass is 10.1. The first kappa shape index (κ1) is 24.4. The third-order valence-electron chi connectivity index (χ3n) is 4.29. The zero-order valence-electron chi connectivity index (χ0n) is 17.1. The number of methoxy groups -OCH3 is 3. The number of benzene rings is 1. The van der Waals surface area contributed by atoms with Crippen LogP contribution in [0.3, 0.4) is 0 Å². The number of aliphatic imine (C=N–C) groups is 1. The predicted octanol–water partition coefficient (Wildman–Crippen LogP) is 3.64. The van der Waals surface area contributed by atoms with E-state index in [1.807, 2.05) is 32.4 Å². The number of guanidine groups is 1. The Labute approximate surface area is 192 Å². The van der Waals surface area contributed by atoms with Crippen molar-refractivity contribution in [3.05, 3.63) is 40.1 Å². The number of rotatable bonds is 7. The first-order valence-corrected chi connectivity index (χ1v) is 9.24. The van der Waals surface area contributed by atoms with Crippen LogP contribution in [0.2, 0.25) is 0 Å². The van der Waals surface area contributed by atoms with Gasteiger partial charge in [0.1, 0.15) is 17.2 Å². The molecule has 1 aromatic heterocycles. The quantitative estimate of drug-likeness (QED) is 0.315. The molecule has 0 radical (unpaired) electrons. The lowest BCUT2D eigenvalue weighted by molar-refractivity contribution is 0.367. The molecule has 0 bridgehead atoms. The minimum atomic E-state index is 0. The highest BCUT2D eigenvalue weighted by Gasteiger charge is 2.15. The normalized spacial score (nSPS) is 10.9. The molecular weight excluding hydrogens is 539 g/mol. The van der Waals surface area contributed by atoms with E-state index in [0.717, 1.165) is 22.5 Å². The number of nitrogens with one attached hydrogen (secondary N) is 1. The number of nitrogens with zero attached hydrogens (tertiary/aromatic N) is 3. The summed E-state index contributed by atoms with van der Waals surface area (Å²) in [6.07, 6.45) is 2.03. The zero-order valence-corrected chi connectivity index (χ0v) is 21.0. The van der Waals surface area contributed by atoms with Gasteiger partial charge in [0.2, 0.25) is 0 Å². The van der Waals surface area contributed by atoms with Crippen LogP contribution in [0.25, 0.3) is 0 Å². The lowest BCUT2D eigenvalue weighted by Crippen LogP contribution is -2.38. The summed E-state index contributed by atoms with van der Waals surface area (Å²) >= 11 is 3.51. The number of hydrogen-bond donors (Lipinski definition) is 1. The fourth-order valence-corrected chi connectivity index (χ4v) is 3.42. The van der Waals surface area contributed by atoms with E-state index in [2.05, 4.69) is 41.8 Å². The van der Waals surface area contributed by atoms with Crippen molar-refractivity contribution >= 4 is 45.9 Å². The van der Waals surface area contributed by atoms with Crippen molar-refractivity contribution in [1.82, 2.24) is 14.8 Å². The minimum Gasteiger partial charge on any atom is -0.496 e. The number of halogens is 2. The van der Waals surface area contributed by atoms with E-state index < -0.39 is 0 Å². The molecule has 0 spiro atoms. The van der Waals surface area contributed by atoms with E-state index >= 15 is 0 Å². The molecule has 2 aromatic rings. The number of aromatic nitrogens is 1. The highest BCUT2D eigenvalue weighted by Crippen LogP contribution is 2.33. The van der Waals surface area contributed by atoms with Gasteiger partial charge >= 0.3 is 0 Å². The van der Waals surface area contributed by atoms with E-state index in [1.54, 1.807) is 28.4 Å². The third-order valence-corrected chi connectivity index (χ3v) is 4.72. The Kier molecular flexibility index (Phi) is 9.94. The fourth-order valence-electron chi connectivity index (χ4n) is 2.85. The van der Waals surface area contributed by atoms with Crippen molar-refractivity contribution in [1.29, 1.82) is 0 Å². The summed E-state index contributed by atoms with van der Waals surface area (Å²) in [6.45, 7) is 1.23. The average molecular weight is 567 g/mol. The van der Waals surface area contributed by atoms with Gasteiger partial charge in [-0.15, -0.1) is 24.0 Å². The second kappa shape index (κ2) is 11.4. The van der Waals surface area contributed by atoms with Crippen molar-refractivity contribution < 1.29 is 14.2 Å². The van der Waals surface area contributed by atoms with Crippen molar-refractivity contribution in [2.24, 2.45) is 12.0 Å². The fraction of sp³-hybridized carbons (Fsp3) is 0.421. The summed E-state index contributed by atoms with van der Waals surface area (Å²) in [7, 11) is 10.7. The second-order valence-corrected chi connectivity index (χ2v) is 6.94. The molecule has 0 amide bonds. The summed E-state index contributed by atoms with van der Waals surface area (Å²) in [4.78, 5) is 6.44. The van der Waals surface area contributed by atoms with E-state index in [-0.39, 0.29) is 24.0 Å². The maximum Gasteiger partial charge on any atom is 0.194 e. The van der Waals surface area contributed by atoms with Crippen LogP contribution in [-0.4, -0.2) is 50.9 Å². The Morgan fingerprint density at radius 1 is 1.14 bits per heavy atom. The first-order chi connectivity index (χ1) is 12.9. The smallest absolute Gasteiger partial charge is 0.194 e. The monoisotopic (exact) mass is 566 g/mol. The molecular formula is C19H28BrIN4O3. The van der Waals surface area contributed by atoms with E-state index in [1.165, 1.54) is 5.69 Å². The summed E-state index contributed by atoms with van der Waals surface area (Å²) in [6, 6.07) is 5.78. The molecule has 1 heterocycles. The lowest BCUT2D eigenvalue weighted by Gasteiger charge is -2.23. The maximum atomic E-state index is 5.51. The Morgan fingerprint density at radius 3 is 2.18 bits per heavy atom. The molecule has 2 rings (SSSR count). The molecule has 1 N–H and O–H groups in total. The van der Waals surface area contributed by atoms with E-state index in [0.29, 0.717) is 23.8 Å². The predicted molar refractivity (Wildman–Crippen MR) is 126 cm³/mol. The van der Waals surface area contributed by atoms with Crippen molar-refractivity contribution in [3.8, 4) is 17.2 Å². The topological polar surface area (TPSA) is 60.3 Å². The van der Waals surface area contributed by atoms with Crippen molar-refractivity contribution in [2.45, 2.75) is 13.1 Å². The molecule has 0 aliphatic heterocycles. The molecule has 156 valence electrons. The molecule has 0 aliphatic carbocycles. The molecule has 0 fully saturated rings. The van der Waals surface area contributed by atoms with Crippen LogP contribution in [-0.2, 0) is 20.1 Å². The molecule has 28 heavy (non-hydrogen) atoms. The SMILES string of the molecule is CN=C(NCc1c(OC)cc(OC)cc1OC)N(C)Cc1cc(Br)cn1C.I. The molecule has 0 saturated carbocycles. The van der Waals surface area contributed by atoms with Crippen LogP contribution in [0.1, 0.15) is 11.3 Å². The number of ether oxygens (including phenoxy) is 3. The molecule has 1 aromatic carbocycles. The van der Waals surface area contributed by atoms with Gasteiger partial charge in [-0.3, -0.25) is 4.99 Å². The Hall–Kier alpha value is -1.62. The number of aryl methyl sites for hydroxylation is 1. The summed E-state index contributed by atoms with van der Waals surface area (Å²) in [5.41, 5.74) is 2.07. The van der Waals surface area contributed by atoms with Gasteiger partial charge in [-0.25, -0.2) is 0 Å². The maximum absolute atomic E-state index is 5.51. The standard InChI is InChI=1S/C19H27BrN4O3.HI/c1-21-19(24(3)12-14-7-13(20)11-23(14)2)22-10-16-17(26-5)8-15(25-4)9-18(16)27-6;/h7-9,11H,10,12H2,1-6H3,(H,21,22);1H. The van der Waals surface area contributed by atoms with Crippen LogP contribution in [0, 0.1) is 0 Å². The van der Waals surface area contributed by atoms with Crippen LogP contribution in [0.4, 0.5) is 0 Å². The van der Waals surface area contributed by atoms with Gasteiger partial charge in [0.05, 0.1) is 40.0 Å². The van der Waals surface area contributed by atoms with Gasteiger partial charge in [-0.2, -0.15) is 0 Å². The molecule has 0 atom stereocenters. The van der Waals surface area contributed by atoms with E-state index in [4.69, 9.17) is 14.2 Å².